The zero-order valence-electron chi connectivity index (χ0n) is 10.7. The fourth-order valence-electron chi connectivity index (χ4n) is 1.46. The monoisotopic (exact) mass is 351 g/mol. The van der Waals surface area contributed by atoms with Crippen molar-refractivity contribution in [1.82, 2.24) is 4.72 Å². The van der Waals surface area contributed by atoms with Gasteiger partial charge in [-0.2, -0.15) is 11.8 Å². The van der Waals surface area contributed by atoms with E-state index in [0.717, 1.165) is 16.5 Å². The minimum absolute atomic E-state index is 0.341. The molecule has 3 nitrogen and oxygen atoms in total. The smallest absolute Gasteiger partial charge is 0.211 e. The van der Waals surface area contributed by atoms with Crippen molar-refractivity contribution in [3.8, 4) is 0 Å². The molecule has 102 valence electrons. The van der Waals surface area contributed by atoms with Crippen molar-refractivity contribution in [1.29, 1.82) is 0 Å². The van der Waals surface area contributed by atoms with Crippen LogP contribution in [0.4, 0.5) is 0 Å². The first kappa shape index (κ1) is 16.0. The molecule has 0 bridgehead atoms. The lowest BCUT2D eigenvalue weighted by atomic mass is 10.2. The molecule has 0 fully saturated rings. The number of sulfonamides is 1. The van der Waals surface area contributed by atoms with Gasteiger partial charge in [0.2, 0.25) is 10.0 Å². The lowest BCUT2D eigenvalue weighted by Crippen LogP contribution is -2.26. The van der Waals surface area contributed by atoms with Crippen molar-refractivity contribution < 1.29 is 8.42 Å². The van der Waals surface area contributed by atoms with Crippen LogP contribution in [0.5, 0.6) is 0 Å². The third-order valence-corrected chi connectivity index (χ3v) is 5.82. The zero-order valence-corrected chi connectivity index (χ0v) is 14.0. The van der Waals surface area contributed by atoms with Crippen LogP contribution in [0.2, 0.25) is 0 Å². The highest BCUT2D eigenvalue weighted by molar-refractivity contribution is 9.10. The number of thioether (sulfide) groups is 1. The highest BCUT2D eigenvalue weighted by Crippen LogP contribution is 2.20. The van der Waals surface area contributed by atoms with Gasteiger partial charge in [0.1, 0.15) is 0 Å². The molecule has 0 radical (unpaired) electrons. The lowest BCUT2D eigenvalue weighted by molar-refractivity contribution is 0.578. The average Bonchev–Trinajstić information content (AvgIpc) is 2.31. The van der Waals surface area contributed by atoms with Crippen LogP contribution in [-0.4, -0.2) is 26.5 Å². The third-order valence-electron chi connectivity index (χ3n) is 2.69. The zero-order chi connectivity index (χ0) is 13.8. The highest BCUT2D eigenvalue weighted by atomic mass is 79.9. The Labute approximate surface area is 122 Å². The Hall–Kier alpha value is -0.0400. The summed E-state index contributed by atoms with van der Waals surface area (Å²) in [5, 5.41) is 0.455. The van der Waals surface area contributed by atoms with Crippen LogP contribution in [0, 0.1) is 6.92 Å². The number of hydrogen-bond donors (Lipinski definition) is 1. The number of nitrogens with one attached hydrogen (secondary N) is 1. The predicted molar refractivity (Wildman–Crippen MR) is 81.7 cm³/mol. The molecule has 0 saturated heterocycles. The van der Waals surface area contributed by atoms with Gasteiger partial charge in [-0.1, -0.05) is 28.9 Å². The van der Waals surface area contributed by atoms with E-state index in [1.54, 1.807) is 30.8 Å². The maximum absolute atomic E-state index is 12.1. The van der Waals surface area contributed by atoms with E-state index in [1.165, 1.54) is 0 Å². The van der Waals surface area contributed by atoms with Crippen molar-refractivity contribution >= 4 is 37.7 Å². The first-order chi connectivity index (χ1) is 8.36. The summed E-state index contributed by atoms with van der Waals surface area (Å²) >= 11 is 5.03. The standard InChI is InChI=1S/C12H18BrNO2S2/c1-9-4-5-11(13)8-12(9)18(15,16)14-7-6-10(2)17-3/h4-5,8,10,14H,6-7H2,1-3H3. The van der Waals surface area contributed by atoms with E-state index in [0.29, 0.717) is 16.7 Å². The van der Waals surface area contributed by atoms with Gasteiger partial charge in [0.25, 0.3) is 0 Å². The highest BCUT2D eigenvalue weighted by Gasteiger charge is 2.16. The molecule has 0 heterocycles. The Morgan fingerprint density at radius 2 is 2.11 bits per heavy atom. The van der Waals surface area contributed by atoms with Gasteiger partial charge in [-0.25, -0.2) is 13.1 Å². The summed E-state index contributed by atoms with van der Waals surface area (Å²) in [6, 6.07) is 5.27. The lowest BCUT2D eigenvalue weighted by Gasteiger charge is -2.11. The Balaban J connectivity index is 2.77. The third kappa shape index (κ3) is 4.57. The first-order valence-corrected chi connectivity index (χ1v) is 9.22. The molecule has 1 atom stereocenters. The average molecular weight is 352 g/mol. The molecule has 0 amide bonds. The largest absolute Gasteiger partial charge is 0.240 e. The Bertz CT molecular complexity index is 503. The maximum Gasteiger partial charge on any atom is 0.240 e. The van der Waals surface area contributed by atoms with Crippen molar-refractivity contribution in [2.45, 2.75) is 30.4 Å². The second-order valence-corrected chi connectivity index (χ2v) is 8.07. The van der Waals surface area contributed by atoms with Crippen molar-refractivity contribution in [2.24, 2.45) is 0 Å². The molecule has 1 N–H and O–H groups in total. The van der Waals surface area contributed by atoms with E-state index >= 15 is 0 Å². The molecule has 0 aliphatic heterocycles. The van der Waals surface area contributed by atoms with Crippen LogP contribution in [-0.2, 0) is 10.0 Å². The molecule has 6 heteroatoms. The van der Waals surface area contributed by atoms with Crippen molar-refractivity contribution in [3.63, 3.8) is 0 Å². The summed E-state index contributed by atoms with van der Waals surface area (Å²) in [5.74, 6) is 0. The predicted octanol–water partition coefficient (Wildman–Crippen LogP) is 3.18. The molecule has 1 aromatic carbocycles. The molecule has 0 saturated carbocycles. The molecule has 18 heavy (non-hydrogen) atoms. The van der Waals surface area contributed by atoms with Gasteiger partial charge >= 0.3 is 0 Å². The van der Waals surface area contributed by atoms with Gasteiger partial charge in [-0.3, -0.25) is 0 Å². The molecular formula is C12H18BrNO2S2. The summed E-state index contributed by atoms with van der Waals surface area (Å²) < 4.78 is 27.7. The number of benzene rings is 1. The number of rotatable bonds is 6. The Morgan fingerprint density at radius 1 is 1.44 bits per heavy atom. The van der Waals surface area contributed by atoms with Gasteiger partial charge in [-0.15, -0.1) is 0 Å². The van der Waals surface area contributed by atoms with Crippen molar-refractivity contribution in [3.05, 3.63) is 28.2 Å². The molecule has 0 spiro atoms. The van der Waals surface area contributed by atoms with Crippen LogP contribution in [0.25, 0.3) is 0 Å². The number of aryl methyl sites for hydroxylation is 1. The molecule has 1 unspecified atom stereocenters. The topological polar surface area (TPSA) is 46.2 Å². The van der Waals surface area contributed by atoms with E-state index < -0.39 is 10.0 Å². The molecule has 1 aromatic rings. The summed E-state index contributed by atoms with van der Waals surface area (Å²) in [4.78, 5) is 0.341. The summed E-state index contributed by atoms with van der Waals surface area (Å²) in [6.45, 7) is 4.35. The van der Waals surface area contributed by atoms with Crippen LogP contribution < -0.4 is 4.72 Å². The van der Waals surface area contributed by atoms with E-state index in [-0.39, 0.29) is 0 Å². The minimum Gasteiger partial charge on any atom is -0.211 e. The fourth-order valence-corrected chi connectivity index (χ4v) is 3.64. The maximum atomic E-state index is 12.1. The molecule has 0 aliphatic rings. The Kier molecular flexibility index (Phi) is 6.17. The fraction of sp³-hybridized carbons (Fsp3) is 0.500. The van der Waals surface area contributed by atoms with E-state index in [2.05, 4.69) is 27.6 Å². The Morgan fingerprint density at radius 3 is 2.72 bits per heavy atom. The normalized spacial score (nSPS) is 13.6. The van der Waals surface area contributed by atoms with E-state index in [9.17, 15) is 8.42 Å². The SMILES string of the molecule is CSC(C)CCNS(=O)(=O)c1cc(Br)ccc1C. The molecular weight excluding hydrogens is 334 g/mol. The molecule has 1 rings (SSSR count). The van der Waals surface area contributed by atoms with Gasteiger partial charge in [0, 0.05) is 16.3 Å². The molecule has 0 aromatic heterocycles. The van der Waals surface area contributed by atoms with Gasteiger partial charge in [0.05, 0.1) is 4.90 Å². The van der Waals surface area contributed by atoms with Gasteiger partial charge < -0.3 is 0 Å². The first-order valence-electron chi connectivity index (χ1n) is 5.65. The summed E-state index contributed by atoms with van der Waals surface area (Å²) in [6.07, 6.45) is 2.85. The van der Waals surface area contributed by atoms with Gasteiger partial charge in [0.15, 0.2) is 0 Å². The van der Waals surface area contributed by atoms with Crippen molar-refractivity contribution in [2.75, 3.05) is 12.8 Å². The number of hydrogen-bond acceptors (Lipinski definition) is 3. The van der Waals surface area contributed by atoms with E-state index in [4.69, 9.17) is 0 Å². The second-order valence-electron chi connectivity index (χ2n) is 4.14. The van der Waals surface area contributed by atoms with E-state index in [1.807, 2.05) is 12.3 Å². The van der Waals surface area contributed by atoms with Crippen LogP contribution in [0.15, 0.2) is 27.6 Å². The van der Waals surface area contributed by atoms with Crippen LogP contribution >= 0.6 is 27.7 Å². The quantitative estimate of drug-likeness (QED) is 0.855. The summed E-state index contributed by atoms with van der Waals surface area (Å²) in [5.41, 5.74) is 0.753. The number of halogens is 1. The van der Waals surface area contributed by atoms with Crippen LogP contribution in [0.1, 0.15) is 18.9 Å². The van der Waals surface area contributed by atoms with Crippen LogP contribution in [0.3, 0.4) is 0 Å². The van der Waals surface area contributed by atoms with Gasteiger partial charge in [-0.05, 0) is 37.3 Å². The second kappa shape index (κ2) is 6.93. The summed E-state index contributed by atoms with van der Waals surface area (Å²) in [7, 11) is -3.41. The minimum atomic E-state index is -3.41. The molecule has 0 aliphatic carbocycles.